The Kier molecular flexibility index (Phi) is 2.88. The monoisotopic (exact) mass is 268 g/mol. The van der Waals surface area contributed by atoms with Crippen molar-refractivity contribution in [1.29, 1.82) is 0 Å². The Morgan fingerprint density at radius 1 is 1.25 bits per heavy atom. The third-order valence-corrected chi connectivity index (χ3v) is 4.75. The summed E-state index contributed by atoms with van der Waals surface area (Å²) in [7, 11) is 0. The van der Waals surface area contributed by atoms with Crippen LogP contribution < -0.4 is 10.6 Å². The molecular formula is C17H20N2O. The van der Waals surface area contributed by atoms with Gasteiger partial charge in [-0.05, 0) is 37.3 Å². The van der Waals surface area contributed by atoms with Crippen LogP contribution >= 0.6 is 0 Å². The molecule has 0 aliphatic carbocycles. The van der Waals surface area contributed by atoms with Crippen LogP contribution in [0.1, 0.15) is 25.7 Å². The molecule has 3 aliphatic heterocycles. The van der Waals surface area contributed by atoms with Crippen LogP contribution in [0.2, 0.25) is 0 Å². The molecule has 3 aliphatic rings. The van der Waals surface area contributed by atoms with Crippen LogP contribution in [0.3, 0.4) is 0 Å². The van der Waals surface area contributed by atoms with Crippen LogP contribution in [0.5, 0.6) is 0 Å². The molecule has 3 heteroatoms. The van der Waals surface area contributed by atoms with Crippen molar-refractivity contribution in [2.75, 3.05) is 19.7 Å². The van der Waals surface area contributed by atoms with Gasteiger partial charge in [0.2, 0.25) is 0 Å². The number of aliphatic hydroxyl groups is 1. The fourth-order valence-electron chi connectivity index (χ4n) is 3.85. The molecular weight excluding hydrogens is 248 g/mol. The normalized spacial score (nSPS) is 24.1. The first-order valence-corrected chi connectivity index (χ1v) is 7.66. The summed E-state index contributed by atoms with van der Waals surface area (Å²) in [6.45, 7) is 2.46. The Hall–Kier alpha value is -1.61. The first-order valence-electron chi connectivity index (χ1n) is 7.66. The second kappa shape index (κ2) is 4.74. The van der Waals surface area contributed by atoms with E-state index in [9.17, 15) is 5.11 Å². The summed E-state index contributed by atoms with van der Waals surface area (Å²) in [5.74, 6) is 0.421. The molecule has 1 atom stereocenters. The van der Waals surface area contributed by atoms with Gasteiger partial charge in [0.15, 0.2) is 0 Å². The van der Waals surface area contributed by atoms with E-state index in [-0.39, 0.29) is 6.61 Å². The van der Waals surface area contributed by atoms with Crippen molar-refractivity contribution >= 4 is 5.57 Å². The van der Waals surface area contributed by atoms with Gasteiger partial charge in [0.05, 0.1) is 11.1 Å². The lowest BCUT2D eigenvalue weighted by Gasteiger charge is -2.40. The lowest BCUT2D eigenvalue weighted by Crippen LogP contribution is -2.39. The first-order chi connectivity index (χ1) is 9.88. The third-order valence-electron chi connectivity index (χ3n) is 4.75. The summed E-state index contributed by atoms with van der Waals surface area (Å²) in [5.41, 5.74) is 4.05. The first kappa shape index (κ1) is 12.2. The zero-order valence-electron chi connectivity index (χ0n) is 11.7. The van der Waals surface area contributed by atoms with Crippen molar-refractivity contribution in [3.63, 3.8) is 0 Å². The van der Waals surface area contributed by atoms with Crippen molar-refractivity contribution in [2.45, 2.75) is 25.7 Å². The average molecular weight is 268 g/mol. The standard InChI is InChI=1S/C17H20N2O/c20-10-8-12-11-19-9-4-3-7-15(19)17-16(12)13-5-1-2-6-14(13)18-17/h1-2,5-6,12,20H,3-4,7-11H2. The van der Waals surface area contributed by atoms with E-state index < -0.39 is 0 Å². The van der Waals surface area contributed by atoms with E-state index in [0.29, 0.717) is 5.92 Å². The van der Waals surface area contributed by atoms with Gasteiger partial charge in [-0.25, -0.2) is 4.99 Å². The summed E-state index contributed by atoms with van der Waals surface area (Å²) >= 11 is 0. The topological polar surface area (TPSA) is 35.8 Å². The third kappa shape index (κ3) is 1.73. The fraction of sp³-hybridized carbons (Fsp3) is 0.471. The van der Waals surface area contributed by atoms with Gasteiger partial charge in [-0.2, -0.15) is 0 Å². The number of para-hydroxylation sites is 1. The average Bonchev–Trinajstić information content (AvgIpc) is 2.87. The number of hydrogen-bond acceptors (Lipinski definition) is 3. The molecule has 1 unspecified atom stereocenters. The number of allylic oxidation sites excluding steroid dienone is 2. The van der Waals surface area contributed by atoms with Crippen molar-refractivity contribution in [3.05, 3.63) is 46.2 Å². The fourth-order valence-corrected chi connectivity index (χ4v) is 3.85. The van der Waals surface area contributed by atoms with E-state index in [1.54, 1.807) is 0 Å². The molecule has 0 radical (unpaired) electrons. The van der Waals surface area contributed by atoms with Gasteiger partial charge < -0.3 is 10.0 Å². The number of hydrogen-bond donors (Lipinski definition) is 1. The highest BCUT2D eigenvalue weighted by Gasteiger charge is 2.34. The molecule has 0 spiro atoms. The molecule has 4 rings (SSSR count). The van der Waals surface area contributed by atoms with E-state index in [0.717, 1.165) is 31.3 Å². The zero-order chi connectivity index (χ0) is 13.5. The van der Waals surface area contributed by atoms with Crippen molar-refractivity contribution in [3.8, 4) is 0 Å². The molecule has 1 aromatic rings. The quantitative estimate of drug-likeness (QED) is 0.874. The molecule has 0 aromatic heterocycles. The van der Waals surface area contributed by atoms with Gasteiger partial charge >= 0.3 is 0 Å². The maximum atomic E-state index is 9.40. The number of piperidine rings is 1. The number of rotatable bonds is 2. The van der Waals surface area contributed by atoms with E-state index in [4.69, 9.17) is 4.99 Å². The Labute approximate surface area is 118 Å². The number of nitrogens with zero attached hydrogens (tertiary/aromatic N) is 2. The maximum absolute atomic E-state index is 9.40. The molecule has 3 nitrogen and oxygen atoms in total. The molecule has 0 saturated carbocycles. The molecule has 3 heterocycles. The second-order valence-corrected chi connectivity index (χ2v) is 5.95. The van der Waals surface area contributed by atoms with Crippen molar-refractivity contribution in [2.24, 2.45) is 10.9 Å². The molecule has 20 heavy (non-hydrogen) atoms. The molecule has 1 fully saturated rings. The highest BCUT2D eigenvalue weighted by Crippen LogP contribution is 2.39. The van der Waals surface area contributed by atoms with Gasteiger partial charge in [0.25, 0.3) is 0 Å². The van der Waals surface area contributed by atoms with Gasteiger partial charge in [0, 0.05) is 36.5 Å². The SMILES string of the molecule is OCCC1CN2CCCCC2=C2N=c3ccccc3=C21. The zero-order valence-corrected chi connectivity index (χ0v) is 11.7. The Balaban J connectivity index is 1.95. The lowest BCUT2D eigenvalue weighted by atomic mass is 9.85. The smallest absolute Gasteiger partial charge is 0.0870 e. The summed E-state index contributed by atoms with van der Waals surface area (Å²) in [5, 5.41) is 11.8. The minimum Gasteiger partial charge on any atom is -0.396 e. The van der Waals surface area contributed by atoms with Gasteiger partial charge in [-0.15, -0.1) is 0 Å². The minimum atomic E-state index is 0.257. The minimum absolute atomic E-state index is 0.257. The van der Waals surface area contributed by atoms with E-state index in [1.807, 2.05) is 0 Å². The van der Waals surface area contributed by atoms with Gasteiger partial charge in [-0.3, -0.25) is 0 Å². The van der Waals surface area contributed by atoms with Crippen LogP contribution in [0.15, 0.2) is 40.7 Å². The largest absolute Gasteiger partial charge is 0.396 e. The van der Waals surface area contributed by atoms with E-state index >= 15 is 0 Å². The van der Waals surface area contributed by atoms with Crippen molar-refractivity contribution in [1.82, 2.24) is 4.90 Å². The Morgan fingerprint density at radius 2 is 2.15 bits per heavy atom. The maximum Gasteiger partial charge on any atom is 0.0870 e. The summed E-state index contributed by atoms with van der Waals surface area (Å²) in [6, 6.07) is 8.45. The van der Waals surface area contributed by atoms with Crippen LogP contribution in [0.4, 0.5) is 0 Å². The Bertz CT molecular complexity index is 689. The van der Waals surface area contributed by atoms with E-state index in [2.05, 4.69) is 29.2 Å². The predicted octanol–water partition coefficient (Wildman–Crippen LogP) is 1.18. The van der Waals surface area contributed by atoms with Gasteiger partial charge in [-0.1, -0.05) is 18.2 Å². The van der Waals surface area contributed by atoms with Crippen LogP contribution in [-0.4, -0.2) is 29.7 Å². The van der Waals surface area contributed by atoms with E-state index in [1.165, 1.54) is 35.0 Å². The molecule has 104 valence electrons. The van der Waals surface area contributed by atoms with Crippen molar-refractivity contribution < 1.29 is 5.11 Å². The number of aliphatic hydroxyl groups excluding tert-OH is 1. The summed E-state index contributed by atoms with van der Waals surface area (Å²) < 4.78 is 0. The molecule has 0 bridgehead atoms. The molecule has 0 amide bonds. The number of fused-ring (bicyclic) bond motifs is 3. The number of benzene rings is 1. The summed E-state index contributed by atoms with van der Waals surface area (Å²) in [4.78, 5) is 7.42. The second-order valence-electron chi connectivity index (χ2n) is 5.95. The van der Waals surface area contributed by atoms with Crippen LogP contribution in [0, 0.1) is 5.92 Å². The molecule has 1 N–H and O–H groups in total. The lowest BCUT2D eigenvalue weighted by molar-refractivity contribution is 0.218. The molecule has 1 saturated heterocycles. The predicted molar refractivity (Wildman–Crippen MR) is 78.3 cm³/mol. The Morgan fingerprint density at radius 3 is 3.05 bits per heavy atom. The highest BCUT2D eigenvalue weighted by atomic mass is 16.3. The van der Waals surface area contributed by atoms with Gasteiger partial charge in [0.1, 0.15) is 0 Å². The summed E-state index contributed by atoms with van der Waals surface area (Å²) in [6.07, 6.45) is 4.55. The van der Waals surface area contributed by atoms with Crippen LogP contribution in [-0.2, 0) is 0 Å². The highest BCUT2D eigenvalue weighted by molar-refractivity contribution is 5.70. The molecule has 1 aromatic carbocycles. The van der Waals surface area contributed by atoms with Crippen LogP contribution in [0.25, 0.3) is 5.57 Å².